The summed E-state index contributed by atoms with van der Waals surface area (Å²) in [4.78, 5) is 49.2. The molecule has 0 unspecified atom stereocenters. The predicted octanol–water partition coefficient (Wildman–Crippen LogP) is 2.06. The van der Waals surface area contributed by atoms with E-state index in [1.807, 2.05) is 13.8 Å². The molecule has 2 aromatic rings. The van der Waals surface area contributed by atoms with E-state index >= 15 is 0 Å². The Hall–Kier alpha value is -3.62. The number of carbonyl (C=O) groups is 4. The van der Waals surface area contributed by atoms with Crippen LogP contribution in [0.3, 0.4) is 0 Å². The van der Waals surface area contributed by atoms with Crippen molar-refractivity contribution in [3.05, 3.63) is 54.0 Å². The van der Waals surface area contributed by atoms with Crippen molar-refractivity contribution in [2.45, 2.75) is 20.3 Å². The summed E-state index contributed by atoms with van der Waals surface area (Å²) in [6.45, 7) is 4.65. The van der Waals surface area contributed by atoms with Gasteiger partial charge in [-0.05, 0) is 50.2 Å². The van der Waals surface area contributed by atoms with Crippen LogP contribution in [0, 0.1) is 0 Å². The Labute approximate surface area is 174 Å². The second-order valence-electron chi connectivity index (χ2n) is 6.25. The van der Waals surface area contributed by atoms with Gasteiger partial charge in [0, 0.05) is 30.9 Å². The first-order valence-electron chi connectivity index (χ1n) is 9.61. The number of nitrogens with one attached hydrogen (secondary N) is 2. The van der Waals surface area contributed by atoms with E-state index in [4.69, 9.17) is 9.15 Å². The van der Waals surface area contributed by atoms with Crippen molar-refractivity contribution < 1.29 is 28.3 Å². The predicted molar refractivity (Wildman–Crippen MR) is 109 cm³/mol. The quantitative estimate of drug-likeness (QED) is 0.574. The summed E-state index contributed by atoms with van der Waals surface area (Å²) < 4.78 is 9.81. The molecule has 1 heterocycles. The average molecular weight is 415 g/mol. The Balaban J connectivity index is 1.70. The van der Waals surface area contributed by atoms with Gasteiger partial charge in [-0.3, -0.25) is 19.2 Å². The van der Waals surface area contributed by atoms with E-state index in [-0.39, 0.29) is 24.6 Å². The first-order chi connectivity index (χ1) is 14.4. The first kappa shape index (κ1) is 22.7. The lowest BCUT2D eigenvalue weighted by Crippen LogP contribution is -2.30. The fourth-order valence-corrected chi connectivity index (χ4v) is 2.58. The maximum atomic E-state index is 12.3. The lowest BCUT2D eigenvalue weighted by atomic mass is 10.2. The summed E-state index contributed by atoms with van der Waals surface area (Å²) in [6, 6.07) is 9.57. The zero-order valence-corrected chi connectivity index (χ0v) is 17.0. The van der Waals surface area contributed by atoms with Gasteiger partial charge in [0.15, 0.2) is 12.4 Å². The molecule has 9 heteroatoms. The lowest BCUT2D eigenvalue weighted by Gasteiger charge is -2.18. The molecule has 0 radical (unpaired) electrons. The van der Waals surface area contributed by atoms with Crippen molar-refractivity contribution in [2.24, 2.45) is 0 Å². The van der Waals surface area contributed by atoms with Crippen LogP contribution in [0.5, 0.6) is 0 Å². The molecule has 3 amide bonds. The molecular formula is C21H25N3O6. The van der Waals surface area contributed by atoms with Gasteiger partial charge >= 0.3 is 5.97 Å². The number of esters is 1. The van der Waals surface area contributed by atoms with Gasteiger partial charge in [0.25, 0.3) is 17.7 Å². The van der Waals surface area contributed by atoms with E-state index in [1.54, 1.807) is 35.2 Å². The van der Waals surface area contributed by atoms with Crippen LogP contribution in [0.2, 0.25) is 0 Å². The summed E-state index contributed by atoms with van der Waals surface area (Å²) in [6.07, 6.45) is 1.29. The van der Waals surface area contributed by atoms with Gasteiger partial charge < -0.3 is 24.7 Å². The van der Waals surface area contributed by atoms with Gasteiger partial charge in [0.2, 0.25) is 0 Å². The number of furan rings is 1. The summed E-state index contributed by atoms with van der Waals surface area (Å²) >= 11 is 0. The van der Waals surface area contributed by atoms with E-state index in [0.29, 0.717) is 24.3 Å². The van der Waals surface area contributed by atoms with Crippen molar-refractivity contribution in [1.82, 2.24) is 10.2 Å². The molecule has 0 saturated heterocycles. The maximum absolute atomic E-state index is 12.3. The highest BCUT2D eigenvalue weighted by molar-refractivity contribution is 5.96. The van der Waals surface area contributed by atoms with E-state index in [1.165, 1.54) is 12.3 Å². The Kier molecular flexibility index (Phi) is 8.61. The minimum atomic E-state index is -0.620. The van der Waals surface area contributed by atoms with Gasteiger partial charge in [0.1, 0.15) is 0 Å². The second kappa shape index (κ2) is 11.4. The van der Waals surface area contributed by atoms with E-state index in [2.05, 4.69) is 10.6 Å². The van der Waals surface area contributed by atoms with Crippen molar-refractivity contribution in [1.29, 1.82) is 0 Å². The van der Waals surface area contributed by atoms with Crippen molar-refractivity contribution in [3.63, 3.8) is 0 Å². The molecule has 2 rings (SSSR count). The second-order valence-corrected chi connectivity index (χ2v) is 6.25. The molecule has 0 aliphatic rings. The Morgan fingerprint density at radius 2 is 1.73 bits per heavy atom. The molecule has 0 saturated carbocycles. The maximum Gasteiger partial charge on any atom is 0.308 e. The highest BCUT2D eigenvalue weighted by atomic mass is 16.5. The summed E-state index contributed by atoms with van der Waals surface area (Å²) in [5, 5.41) is 5.10. The van der Waals surface area contributed by atoms with Crippen LogP contribution >= 0.6 is 0 Å². The van der Waals surface area contributed by atoms with Gasteiger partial charge in [-0.15, -0.1) is 0 Å². The minimum Gasteiger partial charge on any atom is -0.459 e. The third-order valence-electron chi connectivity index (χ3n) is 4.19. The first-order valence-corrected chi connectivity index (χ1v) is 9.61. The standard InChI is InChI=1S/C21H25N3O6/c1-3-24(4-2)21(28)15-7-9-16(10-8-15)23-18(25)14-30-19(26)11-12-22-20(27)17-6-5-13-29-17/h5-10,13H,3-4,11-12,14H2,1-2H3,(H,22,27)(H,23,25). The van der Waals surface area contributed by atoms with E-state index in [9.17, 15) is 19.2 Å². The number of amides is 3. The number of nitrogens with zero attached hydrogens (tertiary/aromatic N) is 1. The highest BCUT2D eigenvalue weighted by Crippen LogP contribution is 2.12. The fourth-order valence-electron chi connectivity index (χ4n) is 2.58. The number of ether oxygens (including phenoxy) is 1. The molecule has 9 nitrogen and oxygen atoms in total. The summed E-state index contributed by atoms with van der Waals surface area (Å²) in [5.74, 6) is -1.50. The molecule has 0 fully saturated rings. The van der Waals surface area contributed by atoms with Crippen LogP contribution in [0.15, 0.2) is 47.1 Å². The van der Waals surface area contributed by atoms with Gasteiger partial charge in [0.05, 0.1) is 12.7 Å². The lowest BCUT2D eigenvalue weighted by molar-refractivity contribution is -0.147. The summed E-state index contributed by atoms with van der Waals surface area (Å²) in [7, 11) is 0. The molecule has 0 spiro atoms. The third kappa shape index (κ3) is 6.77. The molecule has 1 aromatic carbocycles. The Morgan fingerprint density at radius 3 is 2.33 bits per heavy atom. The van der Waals surface area contributed by atoms with Crippen LogP contribution in [-0.2, 0) is 14.3 Å². The van der Waals surface area contributed by atoms with Gasteiger partial charge in [-0.25, -0.2) is 0 Å². The number of rotatable bonds is 10. The topological polar surface area (TPSA) is 118 Å². The molecule has 0 aliphatic heterocycles. The van der Waals surface area contributed by atoms with Crippen molar-refractivity contribution in [2.75, 3.05) is 31.6 Å². The zero-order valence-electron chi connectivity index (χ0n) is 17.0. The van der Waals surface area contributed by atoms with Gasteiger partial charge in [-0.1, -0.05) is 0 Å². The molecule has 0 aliphatic carbocycles. The molecule has 2 N–H and O–H groups in total. The molecule has 1 aromatic heterocycles. The molecule has 0 atom stereocenters. The number of hydrogen-bond donors (Lipinski definition) is 2. The number of hydrogen-bond acceptors (Lipinski definition) is 6. The smallest absolute Gasteiger partial charge is 0.308 e. The molecule has 0 bridgehead atoms. The SMILES string of the molecule is CCN(CC)C(=O)c1ccc(NC(=O)COC(=O)CCNC(=O)c2ccco2)cc1. The van der Waals surface area contributed by atoms with E-state index in [0.717, 1.165) is 0 Å². The normalized spacial score (nSPS) is 10.2. The highest BCUT2D eigenvalue weighted by Gasteiger charge is 2.13. The minimum absolute atomic E-state index is 0.0576. The van der Waals surface area contributed by atoms with Gasteiger partial charge in [-0.2, -0.15) is 0 Å². The van der Waals surface area contributed by atoms with Crippen LogP contribution in [0.25, 0.3) is 0 Å². The molecule has 30 heavy (non-hydrogen) atoms. The number of benzene rings is 1. The average Bonchev–Trinajstić information content (AvgIpc) is 3.28. The summed E-state index contributed by atoms with van der Waals surface area (Å²) in [5.41, 5.74) is 1.01. The largest absolute Gasteiger partial charge is 0.459 e. The van der Waals surface area contributed by atoms with Crippen molar-refractivity contribution in [3.8, 4) is 0 Å². The van der Waals surface area contributed by atoms with Crippen LogP contribution in [0.1, 0.15) is 41.2 Å². The number of anilines is 1. The number of carbonyl (C=O) groups excluding carboxylic acids is 4. The van der Waals surface area contributed by atoms with Crippen LogP contribution in [0.4, 0.5) is 5.69 Å². The Bertz CT molecular complexity index is 857. The Morgan fingerprint density at radius 1 is 1.03 bits per heavy atom. The monoisotopic (exact) mass is 415 g/mol. The molecular weight excluding hydrogens is 390 g/mol. The third-order valence-corrected chi connectivity index (χ3v) is 4.19. The fraction of sp³-hybridized carbons (Fsp3) is 0.333. The van der Waals surface area contributed by atoms with Crippen LogP contribution < -0.4 is 10.6 Å². The van der Waals surface area contributed by atoms with E-state index < -0.39 is 24.4 Å². The van der Waals surface area contributed by atoms with Crippen LogP contribution in [-0.4, -0.2) is 54.8 Å². The molecule has 160 valence electrons. The zero-order chi connectivity index (χ0) is 21.9. The van der Waals surface area contributed by atoms with Crippen molar-refractivity contribution >= 4 is 29.4 Å².